The van der Waals surface area contributed by atoms with Gasteiger partial charge >= 0.3 is 0 Å². The van der Waals surface area contributed by atoms with Crippen molar-refractivity contribution in [2.75, 3.05) is 0 Å². The number of hydrogen-bond acceptors (Lipinski definition) is 4. The molecule has 0 aromatic carbocycles. The second-order valence-corrected chi connectivity index (χ2v) is 13.4. The Bertz CT molecular complexity index is 939. The Hall–Kier alpha value is -1.80. The summed E-state index contributed by atoms with van der Waals surface area (Å²) in [4.78, 5) is 15.6. The highest BCUT2D eigenvalue weighted by molar-refractivity contribution is 6.92. The van der Waals surface area contributed by atoms with Crippen LogP contribution in [0, 0.1) is 17.6 Å². The Morgan fingerprint density at radius 3 is 2.35 bits per heavy atom. The van der Waals surface area contributed by atoms with Gasteiger partial charge in [0.15, 0.2) is 11.6 Å². The fourth-order valence-electron chi connectivity index (χ4n) is 2.77. The van der Waals surface area contributed by atoms with Gasteiger partial charge in [-0.2, -0.15) is 4.39 Å². The molecule has 0 saturated carbocycles. The molecule has 0 amide bonds. The molecule has 0 unspecified atom stereocenters. The molecule has 0 fully saturated rings. The van der Waals surface area contributed by atoms with Crippen molar-refractivity contribution in [3.63, 3.8) is 0 Å². The molecule has 2 aromatic heterocycles. The zero-order valence-electron chi connectivity index (χ0n) is 15.1. The maximum atomic E-state index is 15.4. The van der Waals surface area contributed by atoms with Gasteiger partial charge in [-0.15, -0.1) is 0 Å². The van der Waals surface area contributed by atoms with E-state index in [4.69, 9.17) is 11.6 Å². The molecule has 3 heterocycles. The molecule has 26 heavy (non-hydrogen) atoms. The Morgan fingerprint density at radius 1 is 1.08 bits per heavy atom. The number of halogens is 4. The van der Waals surface area contributed by atoms with Crippen molar-refractivity contribution in [1.82, 2.24) is 15.0 Å². The second kappa shape index (κ2) is 6.13. The minimum atomic E-state index is -2.74. The molecule has 3 rings (SSSR count). The van der Waals surface area contributed by atoms with Crippen molar-refractivity contribution in [2.24, 2.45) is 4.99 Å². The molecule has 138 valence electrons. The van der Waals surface area contributed by atoms with Crippen molar-refractivity contribution >= 4 is 30.6 Å². The summed E-state index contributed by atoms with van der Waals surface area (Å²) in [6.45, 7) is 9.44. The van der Waals surface area contributed by atoms with E-state index in [2.05, 4.69) is 19.9 Å². The minimum Gasteiger partial charge on any atom is -0.276 e. The molecular formula is C17H18ClF3N4Si. The maximum absolute atomic E-state index is 15.4. The highest BCUT2D eigenvalue weighted by Gasteiger charge is 2.44. The molecule has 0 radical (unpaired) electrons. The Labute approximate surface area is 155 Å². The third-order valence-electron chi connectivity index (χ3n) is 5.27. The maximum Gasteiger partial charge on any atom is 0.249 e. The van der Waals surface area contributed by atoms with Gasteiger partial charge < -0.3 is 0 Å². The van der Waals surface area contributed by atoms with Crippen molar-refractivity contribution in [1.29, 1.82) is 0 Å². The van der Waals surface area contributed by atoms with E-state index in [1.54, 1.807) is 13.1 Å². The van der Waals surface area contributed by atoms with E-state index >= 15 is 4.39 Å². The van der Waals surface area contributed by atoms with Crippen LogP contribution >= 0.6 is 11.6 Å². The van der Waals surface area contributed by atoms with Crippen molar-refractivity contribution in [2.45, 2.75) is 45.4 Å². The lowest BCUT2D eigenvalue weighted by molar-refractivity contribution is 0.469. The number of pyridine rings is 1. The summed E-state index contributed by atoms with van der Waals surface area (Å²) < 4.78 is 44.3. The molecule has 0 bridgehead atoms. The summed E-state index contributed by atoms with van der Waals surface area (Å²) in [6, 6.07) is 0. The molecule has 9 heteroatoms. The van der Waals surface area contributed by atoms with Crippen LogP contribution in [0.2, 0.25) is 23.3 Å². The zero-order chi connectivity index (χ0) is 19.4. The van der Waals surface area contributed by atoms with Gasteiger partial charge in [0.1, 0.15) is 17.2 Å². The van der Waals surface area contributed by atoms with Crippen LogP contribution in [0.4, 0.5) is 13.2 Å². The average molecular weight is 399 g/mol. The third kappa shape index (κ3) is 2.75. The third-order valence-corrected chi connectivity index (χ3v) is 11.0. The number of rotatable bonds is 2. The Kier molecular flexibility index (Phi) is 4.47. The molecule has 0 spiro atoms. The topological polar surface area (TPSA) is 51.0 Å². The van der Waals surface area contributed by atoms with Crippen LogP contribution in [0.15, 0.2) is 11.3 Å². The number of aliphatic imine (C=N–C) groups is 1. The van der Waals surface area contributed by atoms with Gasteiger partial charge in [-0.25, -0.2) is 23.7 Å². The van der Waals surface area contributed by atoms with Gasteiger partial charge in [0.25, 0.3) is 0 Å². The zero-order valence-corrected chi connectivity index (χ0v) is 16.8. The van der Waals surface area contributed by atoms with Gasteiger partial charge in [0.05, 0.1) is 31.6 Å². The predicted octanol–water partition coefficient (Wildman–Crippen LogP) is 4.01. The fourth-order valence-corrected chi connectivity index (χ4v) is 5.08. The van der Waals surface area contributed by atoms with Crippen LogP contribution in [0.5, 0.6) is 0 Å². The lowest BCUT2D eigenvalue weighted by Crippen LogP contribution is -2.53. The van der Waals surface area contributed by atoms with Crippen molar-refractivity contribution in [3.8, 4) is 0 Å². The van der Waals surface area contributed by atoms with Crippen molar-refractivity contribution in [3.05, 3.63) is 46.0 Å². The van der Waals surface area contributed by atoms with Crippen LogP contribution in [0.1, 0.15) is 37.7 Å². The Balaban J connectivity index is 2.29. The summed E-state index contributed by atoms with van der Waals surface area (Å²) in [7, 11) is -2.74. The van der Waals surface area contributed by atoms with E-state index in [-0.39, 0.29) is 28.3 Å². The largest absolute Gasteiger partial charge is 0.276 e. The molecule has 0 atom stereocenters. The molecule has 1 aliphatic heterocycles. The first-order chi connectivity index (χ1) is 12.0. The predicted molar refractivity (Wildman–Crippen MR) is 97.3 cm³/mol. The highest BCUT2D eigenvalue weighted by atomic mass is 35.5. The lowest BCUT2D eigenvalue weighted by Gasteiger charge is -2.37. The standard InChI is InChI=1S/C17H18ClF3N4Si/c1-17(2,3)26(4,5)14-10(19)13(25-16(21)11(14)20)12-9-8(6-22-12)23-7-24-15(9)18/h7H,6H2,1-5H3. The number of aromatic nitrogens is 3. The SMILES string of the molecule is CC(C)(C)[Si](C)(C)c1c(F)c(F)nc(C2=NCc3ncnc(Cl)c32)c1F. The van der Waals surface area contributed by atoms with E-state index in [1.165, 1.54) is 6.33 Å². The van der Waals surface area contributed by atoms with Gasteiger partial charge in [0, 0.05) is 5.19 Å². The second-order valence-electron chi connectivity index (χ2n) is 7.78. The Morgan fingerprint density at radius 2 is 1.73 bits per heavy atom. The average Bonchev–Trinajstić information content (AvgIpc) is 2.95. The van der Waals surface area contributed by atoms with E-state index in [0.29, 0.717) is 11.3 Å². The number of nitrogens with zero attached hydrogens (tertiary/aromatic N) is 4. The highest BCUT2D eigenvalue weighted by Crippen LogP contribution is 2.37. The first-order valence-corrected chi connectivity index (χ1v) is 11.4. The normalized spacial score (nSPS) is 14.4. The molecule has 0 saturated heterocycles. The molecule has 4 nitrogen and oxygen atoms in total. The molecular weight excluding hydrogens is 381 g/mol. The molecule has 1 aliphatic rings. The monoisotopic (exact) mass is 398 g/mol. The number of fused-ring (bicyclic) bond motifs is 1. The fraction of sp³-hybridized carbons (Fsp3) is 0.412. The summed E-state index contributed by atoms with van der Waals surface area (Å²) >= 11 is 6.10. The van der Waals surface area contributed by atoms with E-state index < -0.39 is 30.7 Å². The molecule has 0 aliphatic carbocycles. The van der Waals surface area contributed by atoms with Crippen LogP contribution in [0.25, 0.3) is 0 Å². The summed E-state index contributed by atoms with van der Waals surface area (Å²) in [6.07, 6.45) is 1.27. The summed E-state index contributed by atoms with van der Waals surface area (Å²) in [5, 5.41) is -0.557. The smallest absolute Gasteiger partial charge is 0.249 e. The minimum absolute atomic E-state index is 0.0574. The molecule has 0 N–H and O–H groups in total. The van der Waals surface area contributed by atoms with Crippen LogP contribution in [-0.2, 0) is 6.54 Å². The first kappa shape index (κ1) is 19.0. The lowest BCUT2D eigenvalue weighted by atomic mass is 10.1. The van der Waals surface area contributed by atoms with Gasteiger partial charge in [-0.3, -0.25) is 4.99 Å². The van der Waals surface area contributed by atoms with E-state index in [0.717, 1.165) is 0 Å². The first-order valence-electron chi connectivity index (χ1n) is 8.06. The van der Waals surface area contributed by atoms with Gasteiger partial charge in [-0.1, -0.05) is 45.5 Å². The van der Waals surface area contributed by atoms with Crippen LogP contribution in [0.3, 0.4) is 0 Å². The summed E-state index contributed by atoms with van der Waals surface area (Å²) in [5.41, 5.74) is 0.522. The number of hydrogen-bond donors (Lipinski definition) is 0. The van der Waals surface area contributed by atoms with E-state index in [1.807, 2.05) is 20.8 Å². The van der Waals surface area contributed by atoms with Crippen LogP contribution in [-0.4, -0.2) is 28.7 Å². The summed E-state index contributed by atoms with van der Waals surface area (Å²) in [5.74, 6) is -3.46. The van der Waals surface area contributed by atoms with Gasteiger partial charge in [-0.05, 0) is 5.04 Å². The quantitative estimate of drug-likeness (QED) is 0.436. The van der Waals surface area contributed by atoms with Crippen LogP contribution < -0.4 is 5.19 Å². The molecule has 2 aromatic rings. The van der Waals surface area contributed by atoms with E-state index in [9.17, 15) is 8.78 Å². The van der Waals surface area contributed by atoms with Crippen molar-refractivity contribution < 1.29 is 13.2 Å². The van der Waals surface area contributed by atoms with Gasteiger partial charge in [0.2, 0.25) is 5.95 Å².